The van der Waals surface area contributed by atoms with Gasteiger partial charge >= 0.3 is 0 Å². The molecule has 0 saturated heterocycles. The monoisotopic (exact) mass is 296 g/mol. The summed E-state index contributed by atoms with van der Waals surface area (Å²) in [4.78, 5) is 25.3. The van der Waals surface area contributed by atoms with Gasteiger partial charge in [0.15, 0.2) is 6.04 Å². The van der Waals surface area contributed by atoms with Crippen LogP contribution in [0.15, 0.2) is 53.8 Å². The minimum atomic E-state index is -0.692. The number of carbonyl (C=O) groups excluding carboxylic acids is 1. The predicted molar refractivity (Wildman–Crippen MR) is 86.7 cm³/mol. The number of rotatable bonds is 4. The van der Waals surface area contributed by atoms with Crippen LogP contribution in [0.5, 0.6) is 0 Å². The lowest BCUT2D eigenvalue weighted by Crippen LogP contribution is -2.43. The minimum absolute atomic E-state index is 0.182. The molecule has 0 spiro atoms. The number of hydrogen-bond acceptors (Lipinski definition) is 4. The first kappa shape index (κ1) is 15.8. The number of carbonyl (C=O) groups is 1. The molecule has 1 atom stereocenters. The molecule has 0 fully saturated rings. The van der Waals surface area contributed by atoms with Crippen LogP contribution in [0.25, 0.3) is 0 Å². The average molecular weight is 296 g/mol. The van der Waals surface area contributed by atoms with E-state index in [0.717, 1.165) is 0 Å². The van der Waals surface area contributed by atoms with E-state index >= 15 is 0 Å². The Morgan fingerprint density at radius 3 is 2.36 bits per heavy atom. The molecule has 0 aliphatic carbocycles. The Morgan fingerprint density at radius 2 is 1.82 bits per heavy atom. The average Bonchev–Trinajstić information content (AvgIpc) is 2.48. The molecule has 5 nitrogen and oxygen atoms in total. The fourth-order valence-corrected chi connectivity index (χ4v) is 1.86. The Bertz CT molecular complexity index is 633. The van der Waals surface area contributed by atoms with Crippen molar-refractivity contribution >= 4 is 12.1 Å². The molecule has 0 bridgehead atoms. The summed E-state index contributed by atoms with van der Waals surface area (Å²) in [5, 5.41) is 2.94. The van der Waals surface area contributed by atoms with E-state index in [9.17, 15) is 4.79 Å². The lowest BCUT2D eigenvalue weighted by Gasteiger charge is -2.23. The molecule has 2 aromatic rings. The van der Waals surface area contributed by atoms with Gasteiger partial charge < -0.3 is 5.32 Å². The van der Waals surface area contributed by atoms with Crippen LogP contribution < -0.4 is 5.32 Å². The zero-order valence-electron chi connectivity index (χ0n) is 13.0. The second-order valence-electron chi connectivity index (χ2n) is 5.93. The Kier molecular flexibility index (Phi) is 4.99. The molecule has 22 heavy (non-hydrogen) atoms. The van der Waals surface area contributed by atoms with Crippen molar-refractivity contribution < 1.29 is 4.79 Å². The smallest absolute Gasteiger partial charge is 0.251 e. The molecule has 2 rings (SSSR count). The number of nitrogens with one attached hydrogen (secondary N) is 1. The Morgan fingerprint density at radius 1 is 1.14 bits per heavy atom. The van der Waals surface area contributed by atoms with Crippen LogP contribution in [0.4, 0.5) is 0 Å². The van der Waals surface area contributed by atoms with Gasteiger partial charge in [0.05, 0.1) is 11.4 Å². The third-order valence-electron chi connectivity index (χ3n) is 2.76. The molecule has 1 amide bonds. The van der Waals surface area contributed by atoms with Crippen LogP contribution in [0, 0.1) is 0 Å². The van der Waals surface area contributed by atoms with Crippen molar-refractivity contribution in [3.8, 4) is 0 Å². The maximum absolute atomic E-state index is 12.5. The van der Waals surface area contributed by atoms with Gasteiger partial charge in [0.2, 0.25) is 0 Å². The van der Waals surface area contributed by atoms with Crippen molar-refractivity contribution in [2.45, 2.75) is 32.4 Å². The largest absolute Gasteiger partial charge is 0.349 e. The van der Waals surface area contributed by atoms with Gasteiger partial charge in [-0.25, -0.2) is 0 Å². The summed E-state index contributed by atoms with van der Waals surface area (Å²) in [5.41, 5.74) is 0.980. The number of aromatic nitrogens is 2. The van der Waals surface area contributed by atoms with Gasteiger partial charge in [-0.1, -0.05) is 12.1 Å². The van der Waals surface area contributed by atoms with Crippen LogP contribution >= 0.6 is 0 Å². The van der Waals surface area contributed by atoms with E-state index < -0.39 is 6.04 Å². The third kappa shape index (κ3) is 4.77. The highest BCUT2D eigenvalue weighted by atomic mass is 16.2. The highest BCUT2D eigenvalue weighted by Crippen LogP contribution is 2.16. The molecule has 0 saturated carbocycles. The molecule has 2 aromatic heterocycles. The molecular weight excluding hydrogens is 276 g/mol. The minimum Gasteiger partial charge on any atom is -0.349 e. The van der Waals surface area contributed by atoms with E-state index in [1.807, 2.05) is 51.1 Å². The number of nitrogens with zero attached hydrogens (tertiary/aromatic N) is 3. The molecule has 5 heteroatoms. The zero-order chi connectivity index (χ0) is 16.0. The molecule has 2 heterocycles. The molecular formula is C17H20N4O. The van der Waals surface area contributed by atoms with Crippen LogP contribution in [0.2, 0.25) is 0 Å². The van der Waals surface area contributed by atoms with Gasteiger partial charge in [0, 0.05) is 24.1 Å². The summed E-state index contributed by atoms with van der Waals surface area (Å²) in [6.07, 6.45) is 4.94. The summed E-state index contributed by atoms with van der Waals surface area (Å²) >= 11 is 0. The maximum Gasteiger partial charge on any atom is 0.251 e. The maximum atomic E-state index is 12.5. The summed E-state index contributed by atoms with van der Waals surface area (Å²) in [6, 6.07) is 10.3. The Labute approximate surface area is 130 Å². The highest BCUT2D eigenvalue weighted by Gasteiger charge is 2.24. The van der Waals surface area contributed by atoms with Crippen LogP contribution in [0.3, 0.4) is 0 Å². The van der Waals surface area contributed by atoms with E-state index in [0.29, 0.717) is 11.4 Å². The first-order valence-corrected chi connectivity index (χ1v) is 7.13. The fraction of sp³-hybridized carbons (Fsp3) is 0.294. The Hall–Kier alpha value is -2.56. The van der Waals surface area contributed by atoms with Gasteiger partial charge in [-0.15, -0.1) is 0 Å². The third-order valence-corrected chi connectivity index (χ3v) is 2.76. The van der Waals surface area contributed by atoms with Gasteiger partial charge in [-0.3, -0.25) is 19.8 Å². The van der Waals surface area contributed by atoms with Gasteiger partial charge in [0.1, 0.15) is 0 Å². The van der Waals surface area contributed by atoms with E-state index in [-0.39, 0.29) is 11.4 Å². The molecule has 1 N–H and O–H groups in total. The van der Waals surface area contributed by atoms with E-state index in [2.05, 4.69) is 20.3 Å². The fourth-order valence-electron chi connectivity index (χ4n) is 1.86. The van der Waals surface area contributed by atoms with Crippen molar-refractivity contribution in [2.75, 3.05) is 0 Å². The molecule has 1 unspecified atom stereocenters. The molecule has 114 valence electrons. The summed E-state index contributed by atoms with van der Waals surface area (Å²) in [6.45, 7) is 5.80. The van der Waals surface area contributed by atoms with Crippen molar-refractivity contribution in [3.63, 3.8) is 0 Å². The van der Waals surface area contributed by atoms with Crippen molar-refractivity contribution in [3.05, 3.63) is 60.2 Å². The second-order valence-corrected chi connectivity index (χ2v) is 5.93. The standard InChI is InChI=1S/C17H20N4O/c1-17(2,3)21-16(22)15(14-9-5-7-11-19-14)20-12-13-8-4-6-10-18-13/h4-12,15H,1-3H3,(H,21,22). The lowest BCUT2D eigenvalue weighted by molar-refractivity contribution is -0.123. The van der Waals surface area contributed by atoms with Gasteiger partial charge in [-0.2, -0.15) is 0 Å². The molecule has 0 aliphatic heterocycles. The highest BCUT2D eigenvalue weighted by molar-refractivity contribution is 5.87. The molecule has 0 aromatic carbocycles. The number of pyridine rings is 2. The van der Waals surface area contributed by atoms with E-state index in [4.69, 9.17) is 0 Å². The Balaban J connectivity index is 2.26. The van der Waals surface area contributed by atoms with Crippen LogP contribution in [-0.4, -0.2) is 27.6 Å². The molecule has 0 radical (unpaired) electrons. The van der Waals surface area contributed by atoms with Gasteiger partial charge in [0.25, 0.3) is 5.91 Å². The lowest BCUT2D eigenvalue weighted by atomic mass is 10.1. The van der Waals surface area contributed by atoms with Crippen molar-refractivity contribution in [1.29, 1.82) is 0 Å². The molecule has 0 aliphatic rings. The van der Waals surface area contributed by atoms with Crippen molar-refractivity contribution in [1.82, 2.24) is 15.3 Å². The second kappa shape index (κ2) is 6.93. The SMILES string of the molecule is CC(C)(C)NC(=O)C(N=Cc1ccccn1)c1ccccn1. The quantitative estimate of drug-likeness (QED) is 0.882. The van der Waals surface area contributed by atoms with Crippen LogP contribution in [-0.2, 0) is 4.79 Å². The van der Waals surface area contributed by atoms with Crippen molar-refractivity contribution in [2.24, 2.45) is 4.99 Å². The number of aliphatic imine (C=N–C) groups is 1. The first-order chi connectivity index (χ1) is 10.5. The normalized spacial score (nSPS) is 13.0. The first-order valence-electron chi connectivity index (χ1n) is 7.13. The zero-order valence-corrected chi connectivity index (χ0v) is 13.0. The summed E-state index contributed by atoms with van der Waals surface area (Å²) in [7, 11) is 0. The number of hydrogen-bond donors (Lipinski definition) is 1. The predicted octanol–water partition coefficient (Wildman–Crippen LogP) is 2.55. The van der Waals surface area contributed by atoms with Gasteiger partial charge in [-0.05, 0) is 45.0 Å². The van der Waals surface area contributed by atoms with Crippen LogP contribution in [0.1, 0.15) is 38.2 Å². The summed E-state index contributed by atoms with van der Waals surface area (Å²) in [5.74, 6) is -0.182. The summed E-state index contributed by atoms with van der Waals surface area (Å²) < 4.78 is 0. The van der Waals surface area contributed by atoms with E-state index in [1.165, 1.54) is 0 Å². The number of amides is 1. The topological polar surface area (TPSA) is 67.2 Å². The van der Waals surface area contributed by atoms with E-state index in [1.54, 1.807) is 24.7 Å².